The van der Waals surface area contributed by atoms with E-state index in [9.17, 15) is 4.79 Å². The van der Waals surface area contributed by atoms with Gasteiger partial charge in [-0.05, 0) is 23.1 Å². The van der Waals surface area contributed by atoms with Crippen LogP contribution < -0.4 is 11.3 Å². The Morgan fingerprint density at radius 2 is 2.06 bits per heavy atom. The minimum Gasteiger partial charge on any atom is -0.327 e. The summed E-state index contributed by atoms with van der Waals surface area (Å²) in [7, 11) is 0. The molecular weight excluding hydrogens is 200 g/mol. The fourth-order valence-electron chi connectivity index (χ4n) is 1.66. The molecule has 0 bridgehead atoms. The Hall–Kier alpha value is -1.87. The van der Waals surface area contributed by atoms with Crippen molar-refractivity contribution in [3.05, 3.63) is 59.0 Å². The van der Waals surface area contributed by atoms with Gasteiger partial charge in [-0.2, -0.15) is 0 Å². The van der Waals surface area contributed by atoms with Gasteiger partial charge in [-0.25, -0.2) is 0 Å². The van der Waals surface area contributed by atoms with E-state index in [1.165, 1.54) is 0 Å². The summed E-state index contributed by atoms with van der Waals surface area (Å²) in [6.45, 7) is 4.69. The third-order valence-corrected chi connectivity index (χ3v) is 2.57. The average molecular weight is 214 g/mol. The summed E-state index contributed by atoms with van der Waals surface area (Å²) in [5, 5.41) is 1.69. The van der Waals surface area contributed by atoms with Gasteiger partial charge in [-0.15, -0.1) is 0 Å². The number of fused-ring (bicyclic) bond motifs is 1. The number of nitrogens with zero attached hydrogens (tertiary/aromatic N) is 1. The van der Waals surface area contributed by atoms with Gasteiger partial charge < -0.3 is 10.3 Å². The molecule has 0 aliphatic carbocycles. The number of aromatic nitrogens is 1. The standard InChI is InChI=1S/C13H14N2O/c1-10(8-14)9-15-7-6-11-4-2-3-5-12(11)13(15)16/h2-7H,1,8-9,14H2. The Balaban J connectivity index is 2.53. The van der Waals surface area contributed by atoms with E-state index in [-0.39, 0.29) is 5.56 Å². The van der Waals surface area contributed by atoms with Gasteiger partial charge in [-0.3, -0.25) is 4.79 Å². The quantitative estimate of drug-likeness (QED) is 0.787. The Kier molecular flexibility index (Phi) is 2.88. The highest BCUT2D eigenvalue weighted by atomic mass is 16.1. The van der Waals surface area contributed by atoms with Gasteiger partial charge in [0.2, 0.25) is 0 Å². The van der Waals surface area contributed by atoms with Crippen LogP contribution in [0.3, 0.4) is 0 Å². The lowest BCUT2D eigenvalue weighted by Gasteiger charge is -2.07. The lowest BCUT2D eigenvalue weighted by Crippen LogP contribution is -2.22. The molecule has 3 nitrogen and oxygen atoms in total. The summed E-state index contributed by atoms with van der Waals surface area (Å²) in [4.78, 5) is 12.1. The molecule has 0 unspecified atom stereocenters. The molecule has 0 radical (unpaired) electrons. The molecule has 2 aromatic rings. The zero-order chi connectivity index (χ0) is 11.5. The summed E-state index contributed by atoms with van der Waals surface area (Å²) in [6, 6.07) is 9.48. The molecule has 0 aliphatic heterocycles. The Morgan fingerprint density at radius 3 is 2.81 bits per heavy atom. The fourth-order valence-corrected chi connectivity index (χ4v) is 1.66. The average Bonchev–Trinajstić information content (AvgIpc) is 2.33. The highest BCUT2D eigenvalue weighted by Gasteiger charge is 2.02. The van der Waals surface area contributed by atoms with Crippen LogP contribution in [0.4, 0.5) is 0 Å². The topological polar surface area (TPSA) is 48.0 Å². The number of hydrogen-bond donors (Lipinski definition) is 1. The molecule has 0 aliphatic rings. The highest BCUT2D eigenvalue weighted by Crippen LogP contribution is 2.08. The predicted octanol–water partition coefficient (Wildman–Crippen LogP) is 1.52. The highest BCUT2D eigenvalue weighted by molar-refractivity contribution is 5.81. The first kappa shape index (κ1) is 10.6. The number of benzene rings is 1. The van der Waals surface area contributed by atoms with Gasteiger partial charge in [-0.1, -0.05) is 24.8 Å². The summed E-state index contributed by atoms with van der Waals surface area (Å²) < 4.78 is 1.64. The largest absolute Gasteiger partial charge is 0.327 e. The molecule has 1 aromatic heterocycles. The van der Waals surface area contributed by atoms with Gasteiger partial charge in [0.15, 0.2) is 0 Å². The van der Waals surface area contributed by atoms with Crippen LogP contribution in [0.5, 0.6) is 0 Å². The molecular formula is C13H14N2O. The van der Waals surface area contributed by atoms with E-state index in [1.54, 1.807) is 10.8 Å². The molecule has 82 valence electrons. The zero-order valence-electron chi connectivity index (χ0n) is 9.02. The normalized spacial score (nSPS) is 10.6. The summed E-state index contributed by atoms with van der Waals surface area (Å²) in [5.41, 5.74) is 6.32. The first-order chi connectivity index (χ1) is 7.72. The molecule has 3 heteroatoms. The third kappa shape index (κ3) is 1.90. The van der Waals surface area contributed by atoms with Crippen LogP contribution in [0.15, 0.2) is 53.5 Å². The lowest BCUT2D eigenvalue weighted by atomic mass is 10.2. The Morgan fingerprint density at radius 1 is 1.31 bits per heavy atom. The van der Waals surface area contributed by atoms with E-state index in [2.05, 4.69) is 6.58 Å². The fraction of sp³-hybridized carbons (Fsp3) is 0.154. The molecule has 0 fully saturated rings. The van der Waals surface area contributed by atoms with Crippen molar-refractivity contribution in [2.75, 3.05) is 6.54 Å². The summed E-state index contributed by atoms with van der Waals surface area (Å²) in [6.07, 6.45) is 1.78. The monoisotopic (exact) mass is 214 g/mol. The number of nitrogens with two attached hydrogens (primary N) is 1. The van der Waals surface area contributed by atoms with Crippen molar-refractivity contribution in [3.8, 4) is 0 Å². The maximum atomic E-state index is 12.1. The van der Waals surface area contributed by atoms with Crippen LogP contribution in [0.2, 0.25) is 0 Å². The zero-order valence-corrected chi connectivity index (χ0v) is 9.02. The first-order valence-electron chi connectivity index (χ1n) is 5.17. The Bertz CT molecular complexity index is 584. The number of pyridine rings is 1. The van der Waals surface area contributed by atoms with Gasteiger partial charge in [0.25, 0.3) is 5.56 Å². The second-order valence-electron chi connectivity index (χ2n) is 3.79. The molecule has 1 aromatic carbocycles. The van der Waals surface area contributed by atoms with E-state index < -0.39 is 0 Å². The van der Waals surface area contributed by atoms with Crippen LogP contribution >= 0.6 is 0 Å². The molecule has 0 amide bonds. The minimum absolute atomic E-state index is 0.00713. The van der Waals surface area contributed by atoms with Crippen LogP contribution in [-0.4, -0.2) is 11.1 Å². The van der Waals surface area contributed by atoms with Crippen molar-refractivity contribution in [1.82, 2.24) is 4.57 Å². The van der Waals surface area contributed by atoms with Gasteiger partial charge in [0.05, 0.1) is 0 Å². The molecule has 2 N–H and O–H groups in total. The smallest absolute Gasteiger partial charge is 0.258 e. The lowest BCUT2D eigenvalue weighted by molar-refractivity contribution is 0.743. The summed E-state index contributed by atoms with van der Waals surface area (Å²) >= 11 is 0. The maximum absolute atomic E-state index is 12.1. The van der Waals surface area contributed by atoms with E-state index in [1.807, 2.05) is 30.3 Å². The molecule has 1 heterocycles. The van der Waals surface area contributed by atoms with Crippen molar-refractivity contribution in [1.29, 1.82) is 0 Å². The number of hydrogen-bond acceptors (Lipinski definition) is 2. The van der Waals surface area contributed by atoms with E-state index in [0.29, 0.717) is 13.1 Å². The van der Waals surface area contributed by atoms with Crippen LogP contribution in [-0.2, 0) is 6.54 Å². The molecule has 16 heavy (non-hydrogen) atoms. The van der Waals surface area contributed by atoms with Crippen LogP contribution in [0.25, 0.3) is 10.8 Å². The first-order valence-corrected chi connectivity index (χ1v) is 5.17. The second-order valence-corrected chi connectivity index (χ2v) is 3.79. The molecule has 2 rings (SSSR count). The summed E-state index contributed by atoms with van der Waals surface area (Å²) in [5.74, 6) is 0. The second kappa shape index (κ2) is 4.33. The van der Waals surface area contributed by atoms with Crippen molar-refractivity contribution >= 4 is 10.8 Å². The van der Waals surface area contributed by atoms with Crippen molar-refractivity contribution < 1.29 is 0 Å². The predicted molar refractivity (Wildman–Crippen MR) is 66.4 cm³/mol. The van der Waals surface area contributed by atoms with Gasteiger partial charge >= 0.3 is 0 Å². The van der Waals surface area contributed by atoms with Gasteiger partial charge in [0, 0.05) is 24.7 Å². The van der Waals surface area contributed by atoms with Crippen molar-refractivity contribution in [2.45, 2.75) is 6.54 Å². The van der Waals surface area contributed by atoms with Crippen LogP contribution in [0.1, 0.15) is 0 Å². The van der Waals surface area contributed by atoms with E-state index in [0.717, 1.165) is 16.3 Å². The van der Waals surface area contributed by atoms with E-state index in [4.69, 9.17) is 5.73 Å². The SMILES string of the molecule is C=C(CN)Cn1ccc2ccccc2c1=O. The third-order valence-electron chi connectivity index (χ3n) is 2.57. The maximum Gasteiger partial charge on any atom is 0.258 e. The van der Waals surface area contributed by atoms with E-state index >= 15 is 0 Å². The molecule has 0 spiro atoms. The van der Waals surface area contributed by atoms with Crippen molar-refractivity contribution in [2.24, 2.45) is 5.73 Å². The minimum atomic E-state index is 0.00713. The van der Waals surface area contributed by atoms with Crippen molar-refractivity contribution in [3.63, 3.8) is 0 Å². The molecule has 0 atom stereocenters. The van der Waals surface area contributed by atoms with Crippen LogP contribution in [0, 0.1) is 0 Å². The van der Waals surface area contributed by atoms with Gasteiger partial charge in [0.1, 0.15) is 0 Å². The molecule has 0 saturated heterocycles. The Labute approximate surface area is 93.8 Å². The number of rotatable bonds is 3. The molecule has 0 saturated carbocycles.